The summed E-state index contributed by atoms with van der Waals surface area (Å²) in [7, 11) is 0. The molecule has 2 aromatic carbocycles. The van der Waals surface area contributed by atoms with Gasteiger partial charge in [-0.15, -0.1) is 0 Å². The van der Waals surface area contributed by atoms with Crippen molar-refractivity contribution in [2.45, 2.75) is 31.6 Å². The largest absolute Gasteiger partial charge is 0.426 e. The van der Waals surface area contributed by atoms with E-state index in [4.69, 9.17) is 4.74 Å². The van der Waals surface area contributed by atoms with E-state index in [0.717, 1.165) is 31.2 Å². The molecule has 1 aliphatic carbocycles. The second-order valence-corrected chi connectivity index (χ2v) is 6.54. The highest BCUT2D eigenvalue weighted by atomic mass is 16.5. The molecule has 1 spiro atoms. The third-order valence-corrected chi connectivity index (χ3v) is 5.24. The summed E-state index contributed by atoms with van der Waals surface area (Å²) in [6, 6.07) is 20.3. The number of carbonyl (C=O) groups excluding carboxylic acids is 1. The van der Waals surface area contributed by atoms with E-state index in [0.29, 0.717) is 5.76 Å². The van der Waals surface area contributed by atoms with Crippen LogP contribution in [0.5, 0.6) is 0 Å². The van der Waals surface area contributed by atoms with E-state index in [1.807, 2.05) is 48.5 Å². The molecule has 1 unspecified atom stereocenters. The third-order valence-electron chi connectivity index (χ3n) is 5.24. The first-order valence-electron chi connectivity index (χ1n) is 8.34. The Morgan fingerprint density at radius 1 is 0.870 bits per heavy atom. The molecule has 1 saturated carbocycles. The summed E-state index contributed by atoms with van der Waals surface area (Å²) in [6.07, 6.45) is 6.21. The molecular weight excluding hydrogens is 284 g/mol. The Balaban J connectivity index is 1.83. The Morgan fingerprint density at radius 3 is 2.13 bits per heavy atom. The molecule has 1 aliphatic heterocycles. The van der Waals surface area contributed by atoms with E-state index < -0.39 is 0 Å². The molecule has 4 rings (SSSR count). The lowest BCUT2D eigenvalue weighted by molar-refractivity contribution is -0.150. The molecule has 0 radical (unpaired) electrons. The Morgan fingerprint density at radius 2 is 1.48 bits per heavy atom. The minimum atomic E-state index is -0.375. The van der Waals surface area contributed by atoms with Gasteiger partial charge in [0.2, 0.25) is 0 Å². The lowest BCUT2D eigenvalue weighted by Crippen LogP contribution is -2.38. The molecule has 2 heteroatoms. The molecular formula is C21H20O2. The molecule has 0 amide bonds. The fourth-order valence-electron chi connectivity index (χ4n) is 4.03. The zero-order valence-electron chi connectivity index (χ0n) is 13.1. The van der Waals surface area contributed by atoms with Crippen molar-refractivity contribution in [1.29, 1.82) is 0 Å². The monoisotopic (exact) mass is 304 g/mol. The summed E-state index contributed by atoms with van der Waals surface area (Å²) >= 11 is 0. The van der Waals surface area contributed by atoms with Gasteiger partial charge in [-0.3, -0.25) is 4.79 Å². The normalized spacial score (nSPS) is 22.7. The highest BCUT2D eigenvalue weighted by Gasteiger charge is 2.51. The van der Waals surface area contributed by atoms with Crippen molar-refractivity contribution in [3.05, 3.63) is 77.9 Å². The van der Waals surface area contributed by atoms with Crippen molar-refractivity contribution in [2.75, 3.05) is 0 Å². The van der Waals surface area contributed by atoms with Crippen LogP contribution in [0.15, 0.2) is 66.7 Å². The number of hydrogen-bond donors (Lipinski definition) is 0. The molecule has 1 atom stereocenters. The number of rotatable bonds is 2. The second-order valence-electron chi connectivity index (χ2n) is 6.54. The Kier molecular flexibility index (Phi) is 3.53. The van der Waals surface area contributed by atoms with E-state index in [2.05, 4.69) is 18.2 Å². The number of esters is 1. The van der Waals surface area contributed by atoms with E-state index >= 15 is 0 Å². The number of cyclic esters (lactones) is 1. The molecule has 116 valence electrons. The lowest BCUT2D eigenvalue weighted by Gasteiger charge is -2.38. The van der Waals surface area contributed by atoms with Gasteiger partial charge in [0.15, 0.2) is 0 Å². The van der Waals surface area contributed by atoms with Gasteiger partial charge >= 0.3 is 5.97 Å². The van der Waals surface area contributed by atoms with Gasteiger partial charge in [-0.1, -0.05) is 73.5 Å². The fraction of sp³-hybridized carbons (Fsp3) is 0.286. The van der Waals surface area contributed by atoms with Gasteiger partial charge in [0.1, 0.15) is 5.76 Å². The molecule has 0 saturated heterocycles. The summed E-state index contributed by atoms with van der Waals surface area (Å²) in [5.74, 6) is 0.745. The maximum absolute atomic E-state index is 12.9. The Bertz CT molecular complexity index is 725. The minimum absolute atomic E-state index is 0.0507. The number of allylic oxidation sites excluding steroid dienone is 1. The van der Waals surface area contributed by atoms with Crippen LogP contribution in [-0.4, -0.2) is 5.97 Å². The first kappa shape index (κ1) is 14.3. The van der Waals surface area contributed by atoms with Gasteiger partial charge < -0.3 is 4.74 Å². The van der Waals surface area contributed by atoms with Crippen LogP contribution in [-0.2, 0) is 9.53 Å². The molecule has 0 aromatic heterocycles. The van der Waals surface area contributed by atoms with Crippen molar-refractivity contribution >= 4 is 11.7 Å². The third kappa shape index (κ3) is 2.39. The van der Waals surface area contributed by atoms with Crippen LogP contribution >= 0.6 is 0 Å². The van der Waals surface area contributed by atoms with E-state index in [-0.39, 0.29) is 17.3 Å². The zero-order valence-corrected chi connectivity index (χ0v) is 13.1. The summed E-state index contributed by atoms with van der Waals surface area (Å²) in [4.78, 5) is 12.9. The van der Waals surface area contributed by atoms with Crippen molar-refractivity contribution < 1.29 is 9.53 Å². The summed E-state index contributed by atoms with van der Waals surface area (Å²) < 4.78 is 5.78. The molecule has 2 nitrogen and oxygen atoms in total. The van der Waals surface area contributed by atoms with Crippen LogP contribution in [0.1, 0.15) is 42.7 Å². The molecule has 1 heterocycles. The van der Waals surface area contributed by atoms with Gasteiger partial charge in [-0.25, -0.2) is 0 Å². The van der Waals surface area contributed by atoms with Crippen LogP contribution < -0.4 is 0 Å². The Hall–Kier alpha value is -2.35. The standard InChI is InChI=1S/C21H20O2/c22-20-21(13-7-8-14-21)18(16-9-3-1-4-10-16)15-19(23-20)17-11-5-2-6-12-17/h1-6,9-12,15,18H,7-8,13-14H2. The van der Waals surface area contributed by atoms with Crippen LogP contribution in [0.3, 0.4) is 0 Å². The molecule has 23 heavy (non-hydrogen) atoms. The Labute approximate surface area is 136 Å². The zero-order chi connectivity index (χ0) is 15.7. The van der Waals surface area contributed by atoms with Gasteiger partial charge in [-0.2, -0.15) is 0 Å². The van der Waals surface area contributed by atoms with Gasteiger partial charge in [0.05, 0.1) is 5.41 Å². The lowest BCUT2D eigenvalue weighted by atomic mass is 9.69. The molecule has 0 N–H and O–H groups in total. The summed E-state index contributed by atoms with van der Waals surface area (Å²) in [6.45, 7) is 0. The predicted octanol–water partition coefficient (Wildman–Crippen LogP) is 4.93. The topological polar surface area (TPSA) is 26.3 Å². The molecule has 0 bridgehead atoms. The average molecular weight is 304 g/mol. The maximum Gasteiger partial charge on any atom is 0.318 e. The van der Waals surface area contributed by atoms with E-state index in [9.17, 15) is 4.79 Å². The van der Waals surface area contributed by atoms with E-state index in [1.165, 1.54) is 5.56 Å². The second kappa shape index (κ2) is 5.69. The van der Waals surface area contributed by atoms with Crippen molar-refractivity contribution in [3.63, 3.8) is 0 Å². The van der Waals surface area contributed by atoms with Crippen LogP contribution in [0.4, 0.5) is 0 Å². The predicted molar refractivity (Wildman–Crippen MR) is 90.6 cm³/mol. The van der Waals surface area contributed by atoms with Crippen LogP contribution in [0.2, 0.25) is 0 Å². The minimum Gasteiger partial charge on any atom is -0.426 e. The average Bonchev–Trinajstić information content (AvgIpc) is 3.09. The van der Waals surface area contributed by atoms with E-state index in [1.54, 1.807) is 0 Å². The number of carbonyl (C=O) groups is 1. The number of ether oxygens (including phenoxy) is 1. The highest BCUT2D eigenvalue weighted by Crippen LogP contribution is 2.54. The SMILES string of the molecule is O=C1OC(c2ccccc2)=CC(c2ccccc2)C12CCCC2. The van der Waals surface area contributed by atoms with Crippen LogP contribution in [0, 0.1) is 5.41 Å². The summed E-state index contributed by atoms with van der Waals surface area (Å²) in [5.41, 5.74) is 1.80. The number of hydrogen-bond acceptors (Lipinski definition) is 2. The fourth-order valence-corrected chi connectivity index (χ4v) is 4.03. The first-order valence-corrected chi connectivity index (χ1v) is 8.34. The highest BCUT2D eigenvalue weighted by molar-refractivity contribution is 5.87. The van der Waals surface area contributed by atoms with Crippen molar-refractivity contribution in [2.24, 2.45) is 5.41 Å². The molecule has 1 fully saturated rings. The quantitative estimate of drug-likeness (QED) is 0.735. The summed E-state index contributed by atoms with van der Waals surface area (Å²) in [5, 5.41) is 0. The van der Waals surface area contributed by atoms with Crippen molar-refractivity contribution in [1.82, 2.24) is 0 Å². The van der Waals surface area contributed by atoms with Gasteiger partial charge in [0, 0.05) is 11.5 Å². The van der Waals surface area contributed by atoms with Gasteiger partial charge in [0.25, 0.3) is 0 Å². The van der Waals surface area contributed by atoms with Crippen LogP contribution in [0.25, 0.3) is 5.76 Å². The molecule has 2 aromatic rings. The number of benzene rings is 2. The smallest absolute Gasteiger partial charge is 0.318 e. The maximum atomic E-state index is 12.9. The first-order chi connectivity index (χ1) is 11.3. The molecule has 2 aliphatic rings. The van der Waals surface area contributed by atoms with Gasteiger partial charge in [-0.05, 0) is 24.5 Å². The van der Waals surface area contributed by atoms with Crippen molar-refractivity contribution in [3.8, 4) is 0 Å².